The van der Waals surface area contributed by atoms with Crippen molar-refractivity contribution in [3.63, 3.8) is 0 Å². The quantitative estimate of drug-likeness (QED) is 0.347. The van der Waals surface area contributed by atoms with Crippen molar-refractivity contribution in [2.45, 2.75) is 11.4 Å². The van der Waals surface area contributed by atoms with Crippen LogP contribution in [0.25, 0.3) is 11.4 Å². The zero-order valence-electron chi connectivity index (χ0n) is 18.3. The molecule has 166 valence electrons. The molecule has 0 aliphatic heterocycles. The van der Waals surface area contributed by atoms with Crippen LogP contribution in [-0.2, 0) is 6.54 Å². The van der Waals surface area contributed by atoms with Gasteiger partial charge in [0.2, 0.25) is 5.88 Å². The molecule has 1 amide bonds. The molecular formula is C26H23N3O3S. The number of methoxy groups -OCH3 is 1. The van der Waals surface area contributed by atoms with Gasteiger partial charge in [-0.3, -0.25) is 4.79 Å². The topological polar surface area (TPSA) is 73.3 Å². The van der Waals surface area contributed by atoms with Gasteiger partial charge in [-0.1, -0.05) is 24.3 Å². The highest BCUT2D eigenvalue weighted by Gasteiger charge is 2.10. The average Bonchev–Trinajstić information content (AvgIpc) is 2.88. The van der Waals surface area contributed by atoms with E-state index in [0.717, 1.165) is 16.9 Å². The summed E-state index contributed by atoms with van der Waals surface area (Å²) in [5, 5.41) is 2.96. The van der Waals surface area contributed by atoms with Crippen molar-refractivity contribution < 1.29 is 14.3 Å². The van der Waals surface area contributed by atoms with E-state index >= 15 is 0 Å². The van der Waals surface area contributed by atoms with E-state index in [1.807, 2.05) is 54.8 Å². The molecule has 0 fully saturated rings. The predicted molar refractivity (Wildman–Crippen MR) is 130 cm³/mol. The molecule has 1 aromatic heterocycles. The number of hydrogen-bond donors (Lipinski definition) is 1. The first-order chi connectivity index (χ1) is 16.1. The number of benzene rings is 3. The van der Waals surface area contributed by atoms with E-state index in [1.165, 1.54) is 4.90 Å². The van der Waals surface area contributed by atoms with E-state index in [-0.39, 0.29) is 5.91 Å². The number of ether oxygens (including phenoxy) is 2. The lowest BCUT2D eigenvalue weighted by Gasteiger charge is -2.09. The highest BCUT2D eigenvalue weighted by atomic mass is 32.2. The molecule has 0 saturated carbocycles. The van der Waals surface area contributed by atoms with Gasteiger partial charge in [-0.05, 0) is 60.4 Å². The molecule has 0 bridgehead atoms. The third kappa shape index (κ3) is 5.90. The molecular weight excluding hydrogens is 434 g/mol. The lowest BCUT2D eigenvalue weighted by atomic mass is 10.1. The van der Waals surface area contributed by atoms with Crippen molar-refractivity contribution >= 4 is 17.7 Å². The minimum absolute atomic E-state index is 0.156. The Bertz CT molecular complexity index is 1230. The lowest BCUT2D eigenvalue weighted by molar-refractivity contribution is 0.0951. The number of thioether (sulfide) groups is 1. The highest BCUT2D eigenvalue weighted by molar-refractivity contribution is 7.98. The van der Waals surface area contributed by atoms with Crippen LogP contribution >= 0.6 is 11.8 Å². The fourth-order valence-electron chi connectivity index (χ4n) is 3.13. The predicted octanol–water partition coefficient (Wildman–Crippen LogP) is 5.60. The van der Waals surface area contributed by atoms with E-state index in [2.05, 4.69) is 15.3 Å². The van der Waals surface area contributed by atoms with Gasteiger partial charge in [0.1, 0.15) is 11.5 Å². The van der Waals surface area contributed by atoms with Crippen LogP contribution in [0.4, 0.5) is 0 Å². The first-order valence-electron chi connectivity index (χ1n) is 10.3. The Morgan fingerprint density at radius 1 is 0.970 bits per heavy atom. The summed E-state index contributed by atoms with van der Waals surface area (Å²) in [5.74, 6) is 2.12. The zero-order valence-corrected chi connectivity index (χ0v) is 19.1. The van der Waals surface area contributed by atoms with Crippen LogP contribution in [0.5, 0.6) is 17.4 Å². The van der Waals surface area contributed by atoms with Gasteiger partial charge in [-0.15, -0.1) is 11.8 Å². The molecule has 3 aromatic carbocycles. The molecule has 0 aliphatic rings. The fraction of sp³-hybridized carbons (Fsp3) is 0.115. The van der Waals surface area contributed by atoms with Crippen molar-refractivity contribution in [2.75, 3.05) is 13.4 Å². The van der Waals surface area contributed by atoms with Crippen LogP contribution in [0.2, 0.25) is 0 Å². The third-order valence-corrected chi connectivity index (χ3v) is 5.65. The SMILES string of the molecule is COc1ccc(Oc2ccnc(-c3cccc(C(=O)NCc4ccc(SC)cc4)c3)n2)cc1. The largest absolute Gasteiger partial charge is 0.497 e. The summed E-state index contributed by atoms with van der Waals surface area (Å²) in [4.78, 5) is 22.7. The number of carbonyl (C=O) groups is 1. The summed E-state index contributed by atoms with van der Waals surface area (Å²) in [6.45, 7) is 0.458. The maximum absolute atomic E-state index is 12.7. The third-order valence-electron chi connectivity index (χ3n) is 4.91. The Kier molecular flexibility index (Phi) is 7.22. The van der Waals surface area contributed by atoms with Crippen LogP contribution in [0.3, 0.4) is 0 Å². The average molecular weight is 458 g/mol. The van der Waals surface area contributed by atoms with E-state index in [1.54, 1.807) is 55.4 Å². The second kappa shape index (κ2) is 10.7. The summed E-state index contributed by atoms with van der Waals surface area (Å²) in [5.41, 5.74) is 2.31. The normalized spacial score (nSPS) is 10.5. The zero-order chi connectivity index (χ0) is 23.0. The molecule has 4 aromatic rings. The van der Waals surface area contributed by atoms with Gasteiger partial charge in [0.15, 0.2) is 5.82 Å². The number of carbonyl (C=O) groups excluding carboxylic acids is 1. The van der Waals surface area contributed by atoms with Crippen molar-refractivity contribution in [1.82, 2.24) is 15.3 Å². The Balaban J connectivity index is 1.45. The van der Waals surface area contributed by atoms with Gasteiger partial charge in [0, 0.05) is 34.8 Å². The standard InChI is InChI=1S/C26H23N3O3S/c1-31-21-8-10-22(11-9-21)32-24-14-15-27-25(29-24)19-4-3-5-20(16-19)26(30)28-17-18-6-12-23(33-2)13-7-18/h3-16H,17H2,1-2H3,(H,28,30). The van der Waals surface area contributed by atoms with Crippen molar-refractivity contribution in [2.24, 2.45) is 0 Å². The highest BCUT2D eigenvalue weighted by Crippen LogP contribution is 2.24. The number of nitrogens with one attached hydrogen (secondary N) is 1. The maximum atomic E-state index is 12.7. The summed E-state index contributed by atoms with van der Waals surface area (Å²) in [6.07, 6.45) is 3.67. The smallest absolute Gasteiger partial charge is 0.251 e. The Hall–Kier alpha value is -3.84. The molecule has 0 unspecified atom stereocenters. The molecule has 33 heavy (non-hydrogen) atoms. The van der Waals surface area contributed by atoms with E-state index in [4.69, 9.17) is 9.47 Å². The lowest BCUT2D eigenvalue weighted by Crippen LogP contribution is -2.22. The number of amides is 1. The minimum Gasteiger partial charge on any atom is -0.497 e. The maximum Gasteiger partial charge on any atom is 0.251 e. The first kappa shape index (κ1) is 22.4. The van der Waals surface area contributed by atoms with E-state index < -0.39 is 0 Å². The summed E-state index contributed by atoms with van der Waals surface area (Å²) in [7, 11) is 1.61. The molecule has 4 rings (SSSR count). The van der Waals surface area contributed by atoms with Crippen LogP contribution < -0.4 is 14.8 Å². The second-order valence-electron chi connectivity index (χ2n) is 7.11. The van der Waals surface area contributed by atoms with Crippen LogP contribution in [0.15, 0.2) is 90.0 Å². The van der Waals surface area contributed by atoms with Gasteiger partial charge in [0.25, 0.3) is 5.91 Å². The van der Waals surface area contributed by atoms with Gasteiger partial charge in [0.05, 0.1) is 7.11 Å². The van der Waals surface area contributed by atoms with Crippen LogP contribution in [0.1, 0.15) is 15.9 Å². The van der Waals surface area contributed by atoms with Gasteiger partial charge >= 0.3 is 0 Å². The van der Waals surface area contributed by atoms with E-state index in [9.17, 15) is 4.79 Å². The molecule has 6 nitrogen and oxygen atoms in total. The molecule has 0 radical (unpaired) electrons. The Labute approximate surface area is 197 Å². The molecule has 1 heterocycles. The second-order valence-corrected chi connectivity index (χ2v) is 7.99. The van der Waals surface area contributed by atoms with Crippen LogP contribution in [0, 0.1) is 0 Å². The molecule has 0 atom stereocenters. The van der Waals surface area contributed by atoms with Crippen molar-refractivity contribution in [1.29, 1.82) is 0 Å². The number of nitrogens with zero attached hydrogens (tertiary/aromatic N) is 2. The van der Waals surface area contributed by atoms with Gasteiger partial charge in [-0.2, -0.15) is 4.98 Å². The molecule has 0 aliphatic carbocycles. The fourth-order valence-corrected chi connectivity index (χ4v) is 3.54. The van der Waals surface area contributed by atoms with Crippen molar-refractivity contribution in [3.05, 3.63) is 96.2 Å². The van der Waals surface area contributed by atoms with Crippen molar-refractivity contribution in [3.8, 4) is 28.8 Å². The van der Waals surface area contributed by atoms with Crippen LogP contribution in [-0.4, -0.2) is 29.2 Å². The molecule has 7 heteroatoms. The summed E-state index contributed by atoms with van der Waals surface area (Å²) in [6, 6.07) is 24.3. The number of hydrogen-bond acceptors (Lipinski definition) is 6. The molecule has 1 N–H and O–H groups in total. The van der Waals surface area contributed by atoms with E-state index in [0.29, 0.717) is 29.6 Å². The summed E-state index contributed by atoms with van der Waals surface area (Å²) >= 11 is 1.69. The molecule has 0 saturated heterocycles. The minimum atomic E-state index is -0.156. The molecule has 0 spiro atoms. The number of rotatable bonds is 8. The monoisotopic (exact) mass is 457 g/mol. The Morgan fingerprint density at radius 2 is 1.73 bits per heavy atom. The number of aromatic nitrogens is 2. The first-order valence-corrected chi connectivity index (χ1v) is 11.5. The Morgan fingerprint density at radius 3 is 2.45 bits per heavy atom. The van der Waals surface area contributed by atoms with Gasteiger partial charge in [-0.25, -0.2) is 4.98 Å². The van der Waals surface area contributed by atoms with Gasteiger partial charge < -0.3 is 14.8 Å². The summed E-state index contributed by atoms with van der Waals surface area (Å²) < 4.78 is 11.0.